The molecule has 0 atom stereocenters. The van der Waals surface area contributed by atoms with Gasteiger partial charge in [0.25, 0.3) is 5.69 Å². The van der Waals surface area contributed by atoms with E-state index in [2.05, 4.69) is 15.9 Å². The van der Waals surface area contributed by atoms with Crippen LogP contribution < -0.4 is 9.47 Å². The van der Waals surface area contributed by atoms with Crippen molar-refractivity contribution in [2.45, 2.75) is 6.61 Å². The third-order valence-electron chi connectivity index (χ3n) is 2.76. The van der Waals surface area contributed by atoms with Crippen LogP contribution in [0.25, 0.3) is 0 Å². The van der Waals surface area contributed by atoms with Crippen molar-refractivity contribution in [3.63, 3.8) is 0 Å². The number of benzene rings is 2. The molecule has 0 saturated carbocycles. The molecule has 0 bridgehead atoms. The molecule has 0 amide bonds. The van der Waals surface area contributed by atoms with Crippen LogP contribution in [-0.4, -0.2) is 12.0 Å². The summed E-state index contributed by atoms with van der Waals surface area (Å²) in [5.41, 5.74) is 0.619. The van der Waals surface area contributed by atoms with E-state index in [4.69, 9.17) is 9.47 Å². The number of halogens is 2. The van der Waals surface area contributed by atoms with Gasteiger partial charge in [-0.2, -0.15) is 0 Å². The highest BCUT2D eigenvalue weighted by molar-refractivity contribution is 9.10. The van der Waals surface area contributed by atoms with Crippen LogP contribution in [0.1, 0.15) is 5.56 Å². The number of rotatable bonds is 5. The number of nitrogens with zero attached hydrogens (tertiary/aromatic N) is 1. The zero-order chi connectivity index (χ0) is 15.4. The van der Waals surface area contributed by atoms with E-state index in [9.17, 15) is 14.5 Å². The third kappa shape index (κ3) is 3.69. The number of hydrogen-bond acceptors (Lipinski definition) is 4. The largest absolute Gasteiger partial charge is 0.493 e. The summed E-state index contributed by atoms with van der Waals surface area (Å²) in [6.45, 7) is 0.123. The van der Waals surface area contributed by atoms with Gasteiger partial charge in [-0.15, -0.1) is 0 Å². The molecule has 7 heteroatoms. The molecule has 0 fully saturated rings. The minimum Gasteiger partial charge on any atom is -0.493 e. The molecule has 5 nitrogen and oxygen atoms in total. The molecule has 0 aliphatic heterocycles. The predicted octanol–water partition coefficient (Wildman–Crippen LogP) is 4.08. The van der Waals surface area contributed by atoms with Crippen LogP contribution >= 0.6 is 15.9 Å². The Morgan fingerprint density at radius 2 is 2.00 bits per heavy atom. The highest BCUT2D eigenvalue weighted by Gasteiger charge is 2.13. The van der Waals surface area contributed by atoms with Gasteiger partial charge in [-0.25, -0.2) is 4.39 Å². The molecule has 0 N–H and O–H groups in total. The SMILES string of the molecule is COc1ccc([N+](=O)[O-])cc1OCc1ccc(F)cc1Br. The zero-order valence-electron chi connectivity index (χ0n) is 11.0. The average Bonchev–Trinajstić information content (AvgIpc) is 2.46. The highest BCUT2D eigenvalue weighted by atomic mass is 79.9. The van der Waals surface area contributed by atoms with Crippen molar-refractivity contribution in [2.75, 3.05) is 7.11 Å². The van der Waals surface area contributed by atoms with E-state index in [-0.39, 0.29) is 23.9 Å². The fourth-order valence-electron chi connectivity index (χ4n) is 1.69. The number of non-ortho nitro benzene ring substituents is 1. The van der Waals surface area contributed by atoms with Gasteiger partial charge in [0.05, 0.1) is 18.1 Å². The second-order valence-electron chi connectivity index (χ2n) is 4.12. The molecule has 0 aliphatic rings. The summed E-state index contributed by atoms with van der Waals surface area (Å²) in [6.07, 6.45) is 0. The van der Waals surface area contributed by atoms with Gasteiger partial charge in [0.1, 0.15) is 12.4 Å². The number of methoxy groups -OCH3 is 1. The molecular weight excluding hydrogens is 345 g/mol. The molecule has 0 aromatic heterocycles. The van der Waals surface area contributed by atoms with E-state index in [1.54, 1.807) is 6.07 Å². The minimum atomic E-state index is -0.514. The highest BCUT2D eigenvalue weighted by Crippen LogP contribution is 2.32. The molecule has 2 rings (SSSR count). The Hall–Kier alpha value is -2.15. The molecule has 0 saturated heterocycles. The maximum atomic E-state index is 13.0. The predicted molar refractivity (Wildman–Crippen MR) is 78.1 cm³/mol. The topological polar surface area (TPSA) is 61.6 Å². The van der Waals surface area contributed by atoms with E-state index in [0.29, 0.717) is 15.8 Å². The normalized spacial score (nSPS) is 10.2. The van der Waals surface area contributed by atoms with Gasteiger partial charge in [-0.1, -0.05) is 22.0 Å². The number of ether oxygens (including phenoxy) is 2. The molecule has 2 aromatic rings. The van der Waals surface area contributed by atoms with Crippen LogP contribution in [0.5, 0.6) is 11.5 Å². The quantitative estimate of drug-likeness (QED) is 0.598. The molecule has 21 heavy (non-hydrogen) atoms. The molecule has 0 aliphatic carbocycles. The van der Waals surface area contributed by atoms with Crippen molar-refractivity contribution in [2.24, 2.45) is 0 Å². The van der Waals surface area contributed by atoms with Crippen molar-refractivity contribution >= 4 is 21.6 Å². The number of nitro groups is 1. The van der Waals surface area contributed by atoms with E-state index in [1.807, 2.05) is 0 Å². The molecule has 0 unspecified atom stereocenters. The smallest absolute Gasteiger partial charge is 0.273 e. The minimum absolute atomic E-state index is 0.0935. The first-order valence-corrected chi connectivity index (χ1v) is 6.69. The number of hydrogen-bond donors (Lipinski definition) is 0. The fourth-order valence-corrected chi connectivity index (χ4v) is 2.15. The molecule has 2 aromatic carbocycles. The van der Waals surface area contributed by atoms with Crippen molar-refractivity contribution in [3.8, 4) is 11.5 Å². The van der Waals surface area contributed by atoms with Crippen molar-refractivity contribution in [3.05, 3.63) is 62.4 Å². The van der Waals surface area contributed by atoms with Crippen LogP contribution in [0.3, 0.4) is 0 Å². The third-order valence-corrected chi connectivity index (χ3v) is 3.49. The van der Waals surface area contributed by atoms with Gasteiger partial charge >= 0.3 is 0 Å². The van der Waals surface area contributed by atoms with Crippen LogP contribution in [0, 0.1) is 15.9 Å². The lowest BCUT2D eigenvalue weighted by atomic mass is 10.2. The van der Waals surface area contributed by atoms with Gasteiger partial charge in [-0.05, 0) is 18.2 Å². The van der Waals surface area contributed by atoms with Crippen molar-refractivity contribution < 1.29 is 18.8 Å². The Morgan fingerprint density at radius 3 is 2.62 bits per heavy atom. The molecule has 0 spiro atoms. The molecule has 0 radical (unpaired) electrons. The van der Waals surface area contributed by atoms with Gasteiger partial charge in [0.2, 0.25) is 0 Å². The Labute approximate surface area is 128 Å². The van der Waals surface area contributed by atoms with Crippen molar-refractivity contribution in [1.29, 1.82) is 0 Å². The van der Waals surface area contributed by atoms with Crippen LogP contribution in [0.4, 0.5) is 10.1 Å². The second kappa shape index (κ2) is 6.53. The summed E-state index contributed by atoms with van der Waals surface area (Å²) >= 11 is 3.23. The lowest BCUT2D eigenvalue weighted by Crippen LogP contribution is -2.00. The lowest BCUT2D eigenvalue weighted by Gasteiger charge is -2.11. The maximum absolute atomic E-state index is 13.0. The maximum Gasteiger partial charge on any atom is 0.273 e. The zero-order valence-corrected chi connectivity index (χ0v) is 12.6. The molecule has 0 heterocycles. The van der Waals surface area contributed by atoms with Crippen molar-refractivity contribution in [1.82, 2.24) is 0 Å². The summed E-state index contributed by atoms with van der Waals surface area (Å²) < 4.78 is 24.2. The first kappa shape index (κ1) is 15.2. The summed E-state index contributed by atoms with van der Waals surface area (Å²) in [6, 6.07) is 8.30. The molecular formula is C14H11BrFNO4. The number of nitro benzene ring substituents is 1. The standard InChI is InChI=1S/C14H11BrFNO4/c1-20-13-5-4-11(17(18)19)7-14(13)21-8-9-2-3-10(16)6-12(9)15/h2-7H,8H2,1H3. The first-order chi connectivity index (χ1) is 10.0. The summed E-state index contributed by atoms with van der Waals surface area (Å²) in [4.78, 5) is 10.3. The second-order valence-corrected chi connectivity index (χ2v) is 4.97. The van der Waals surface area contributed by atoms with Crippen LogP contribution in [0.2, 0.25) is 0 Å². The monoisotopic (exact) mass is 355 g/mol. The van der Waals surface area contributed by atoms with Crippen LogP contribution in [0.15, 0.2) is 40.9 Å². The Bertz CT molecular complexity index is 678. The van der Waals surface area contributed by atoms with E-state index in [1.165, 1.54) is 37.4 Å². The lowest BCUT2D eigenvalue weighted by molar-refractivity contribution is -0.385. The Kier molecular flexibility index (Phi) is 4.74. The first-order valence-electron chi connectivity index (χ1n) is 5.90. The Balaban J connectivity index is 2.22. The van der Waals surface area contributed by atoms with E-state index < -0.39 is 4.92 Å². The van der Waals surface area contributed by atoms with E-state index in [0.717, 1.165) is 0 Å². The fraction of sp³-hybridized carbons (Fsp3) is 0.143. The van der Waals surface area contributed by atoms with Gasteiger partial charge in [-0.3, -0.25) is 10.1 Å². The summed E-state index contributed by atoms with van der Waals surface area (Å²) in [5.74, 6) is 0.278. The summed E-state index contributed by atoms with van der Waals surface area (Å²) in [7, 11) is 1.45. The van der Waals surface area contributed by atoms with Gasteiger partial charge in [0.15, 0.2) is 11.5 Å². The van der Waals surface area contributed by atoms with E-state index >= 15 is 0 Å². The van der Waals surface area contributed by atoms with Crippen LogP contribution in [-0.2, 0) is 6.61 Å². The Morgan fingerprint density at radius 1 is 1.24 bits per heavy atom. The van der Waals surface area contributed by atoms with Gasteiger partial charge < -0.3 is 9.47 Å². The molecule has 110 valence electrons. The van der Waals surface area contributed by atoms with Gasteiger partial charge in [0, 0.05) is 16.1 Å². The average molecular weight is 356 g/mol. The summed E-state index contributed by atoms with van der Waals surface area (Å²) in [5, 5.41) is 10.8.